The highest BCUT2D eigenvalue weighted by Gasteiger charge is 2.24. The summed E-state index contributed by atoms with van der Waals surface area (Å²) in [5.74, 6) is -1.26. The van der Waals surface area contributed by atoms with Gasteiger partial charge < -0.3 is 15.2 Å². The normalized spacial score (nSPS) is 11.7. The number of carboxylic acid groups (broad SMARTS) is 1. The van der Waals surface area contributed by atoms with Crippen molar-refractivity contribution in [2.45, 2.75) is 30.6 Å². The van der Waals surface area contributed by atoms with E-state index in [0.717, 1.165) is 36.6 Å². The summed E-state index contributed by atoms with van der Waals surface area (Å²) in [7, 11) is 0.612. The second-order valence-electron chi connectivity index (χ2n) is 5.64. The van der Waals surface area contributed by atoms with E-state index in [4.69, 9.17) is 4.74 Å². The Bertz CT molecular complexity index is 644. The summed E-state index contributed by atoms with van der Waals surface area (Å²) in [6.45, 7) is 1.46. The van der Waals surface area contributed by atoms with E-state index < -0.39 is 16.0 Å². The number of methoxy groups -OCH3 is 1. The Hall–Kier alpha value is -1.64. The molecule has 7 nitrogen and oxygen atoms in total. The van der Waals surface area contributed by atoms with E-state index in [0.29, 0.717) is 12.2 Å². The summed E-state index contributed by atoms with van der Waals surface area (Å²) < 4.78 is 30.6. The smallest absolute Gasteiger partial charge is 0.337 e. The maximum absolute atomic E-state index is 12.3. The molecule has 136 valence electrons. The molecule has 0 atom stereocenters. The summed E-state index contributed by atoms with van der Waals surface area (Å²) >= 11 is 0. The number of carboxylic acids is 1. The number of nitrogens with zero attached hydrogens (tertiary/aromatic N) is 1. The maximum Gasteiger partial charge on any atom is 0.337 e. The molecule has 2 N–H and O–H groups in total. The molecule has 0 saturated heterocycles. The molecule has 0 fully saturated rings. The molecule has 0 radical (unpaired) electrons. The number of unbranched alkanes of at least 4 members (excludes halogenated alkanes) is 3. The Labute approximate surface area is 143 Å². The highest BCUT2D eigenvalue weighted by atomic mass is 32.2. The SMILES string of the molecule is COCCCCCCNc1ccc(C(=O)O)c(S(=O)(=O)N(C)C)c1. The van der Waals surface area contributed by atoms with Gasteiger partial charge >= 0.3 is 5.97 Å². The van der Waals surface area contributed by atoms with E-state index in [9.17, 15) is 18.3 Å². The van der Waals surface area contributed by atoms with E-state index in [1.807, 2.05) is 0 Å². The fourth-order valence-electron chi connectivity index (χ4n) is 2.18. The number of aromatic carboxylic acids is 1. The number of benzene rings is 1. The van der Waals surface area contributed by atoms with Gasteiger partial charge in [-0.1, -0.05) is 12.8 Å². The molecule has 1 aromatic carbocycles. The molecule has 0 aliphatic rings. The Kier molecular flexibility index (Phi) is 8.17. The van der Waals surface area contributed by atoms with Crippen molar-refractivity contribution in [1.82, 2.24) is 4.31 Å². The Balaban J connectivity index is 2.76. The standard InChI is InChI=1S/C16H26N2O5S/c1-18(2)24(21,22)15-12-13(8-9-14(15)16(19)20)17-10-6-4-5-7-11-23-3/h8-9,12,17H,4-7,10-11H2,1-3H3,(H,19,20). The lowest BCUT2D eigenvalue weighted by Gasteiger charge is -2.15. The van der Waals surface area contributed by atoms with Gasteiger partial charge in [0.1, 0.15) is 0 Å². The number of sulfonamides is 1. The lowest BCUT2D eigenvalue weighted by atomic mass is 10.2. The monoisotopic (exact) mass is 358 g/mol. The second-order valence-corrected chi connectivity index (χ2v) is 7.76. The molecule has 1 aromatic rings. The number of rotatable bonds is 11. The molecule has 0 aliphatic carbocycles. The average Bonchev–Trinajstić information content (AvgIpc) is 2.53. The minimum atomic E-state index is -3.82. The molecule has 0 spiro atoms. The molecule has 0 heterocycles. The number of anilines is 1. The fourth-order valence-corrected chi connectivity index (χ4v) is 3.28. The highest BCUT2D eigenvalue weighted by molar-refractivity contribution is 7.89. The van der Waals surface area contributed by atoms with Crippen LogP contribution in [0.5, 0.6) is 0 Å². The molecule has 0 unspecified atom stereocenters. The van der Waals surface area contributed by atoms with Crippen molar-refractivity contribution >= 4 is 21.7 Å². The first-order valence-corrected chi connectivity index (χ1v) is 9.27. The molecule has 1 rings (SSSR count). The summed E-state index contributed by atoms with van der Waals surface area (Å²) in [5.41, 5.74) is 0.367. The van der Waals surface area contributed by atoms with Crippen LogP contribution < -0.4 is 5.32 Å². The van der Waals surface area contributed by atoms with E-state index in [1.165, 1.54) is 26.2 Å². The van der Waals surface area contributed by atoms with Gasteiger partial charge in [-0.05, 0) is 31.0 Å². The van der Waals surface area contributed by atoms with Gasteiger partial charge in [-0.15, -0.1) is 0 Å². The highest BCUT2D eigenvalue weighted by Crippen LogP contribution is 2.23. The van der Waals surface area contributed by atoms with Gasteiger partial charge in [-0.2, -0.15) is 0 Å². The zero-order valence-electron chi connectivity index (χ0n) is 14.4. The third-order valence-electron chi connectivity index (χ3n) is 3.58. The van der Waals surface area contributed by atoms with Crippen LogP contribution in [0, 0.1) is 0 Å². The van der Waals surface area contributed by atoms with Crippen LogP contribution in [0.3, 0.4) is 0 Å². The summed E-state index contributed by atoms with van der Waals surface area (Å²) in [4.78, 5) is 11.1. The third kappa shape index (κ3) is 5.77. The number of carbonyl (C=O) groups is 1. The first kappa shape index (κ1) is 20.4. The van der Waals surface area contributed by atoms with Crippen LogP contribution in [0.15, 0.2) is 23.1 Å². The van der Waals surface area contributed by atoms with Gasteiger partial charge in [-0.25, -0.2) is 17.5 Å². The van der Waals surface area contributed by atoms with E-state index in [2.05, 4.69) is 5.32 Å². The first-order chi connectivity index (χ1) is 11.3. The molecule has 0 saturated carbocycles. The van der Waals surface area contributed by atoms with Crippen molar-refractivity contribution in [3.05, 3.63) is 23.8 Å². The Morgan fingerprint density at radius 1 is 1.21 bits per heavy atom. The van der Waals surface area contributed by atoms with Crippen molar-refractivity contribution in [1.29, 1.82) is 0 Å². The zero-order chi connectivity index (χ0) is 18.2. The topological polar surface area (TPSA) is 95.9 Å². The first-order valence-electron chi connectivity index (χ1n) is 7.83. The summed E-state index contributed by atoms with van der Waals surface area (Å²) in [6.07, 6.45) is 4.09. The van der Waals surface area contributed by atoms with Crippen molar-refractivity contribution < 1.29 is 23.1 Å². The minimum Gasteiger partial charge on any atom is -0.478 e. The maximum atomic E-state index is 12.3. The van der Waals surface area contributed by atoms with Crippen molar-refractivity contribution in [3.8, 4) is 0 Å². The van der Waals surface area contributed by atoms with Crippen LogP contribution in [-0.4, -0.2) is 58.2 Å². The van der Waals surface area contributed by atoms with Crippen LogP contribution in [-0.2, 0) is 14.8 Å². The molecular formula is C16H26N2O5S. The predicted octanol–water partition coefficient (Wildman–Crippen LogP) is 2.25. The van der Waals surface area contributed by atoms with Crippen LogP contribution in [0.4, 0.5) is 5.69 Å². The van der Waals surface area contributed by atoms with Crippen molar-refractivity contribution in [2.24, 2.45) is 0 Å². The van der Waals surface area contributed by atoms with Crippen molar-refractivity contribution in [3.63, 3.8) is 0 Å². The van der Waals surface area contributed by atoms with E-state index in [1.54, 1.807) is 13.2 Å². The fraction of sp³-hybridized carbons (Fsp3) is 0.562. The minimum absolute atomic E-state index is 0.204. The average molecular weight is 358 g/mol. The number of ether oxygens (including phenoxy) is 1. The van der Waals surface area contributed by atoms with Crippen LogP contribution in [0.2, 0.25) is 0 Å². The van der Waals surface area contributed by atoms with Gasteiger partial charge in [0.05, 0.1) is 10.5 Å². The summed E-state index contributed by atoms with van der Waals surface area (Å²) in [6, 6.07) is 4.28. The van der Waals surface area contributed by atoms with E-state index >= 15 is 0 Å². The second kappa shape index (κ2) is 9.61. The number of hydrogen-bond acceptors (Lipinski definition) is 5. The van der Waals surface area contributed by atoms with Gasteiger partial charge in [0.2, 0.25) is 10.0 Å². The molecule has 0 amide bonds. The van der Waals surface area contributed by atoms with E-state index in [-0.39, 0.29) is 10.5 Å². The number of nitrogens with one attached hydrogen (secondary N) is 1. The van der Waals surface area contributed by atoms with Crippen LogP contribution >= 0.6 is 0 Å². The van der Waals surface area contributed by atoms with Crippen molar-refractivity contribution in [2.75, 3.05) is 39.7 Å². The van der Waals surface area contributed by atoms with Crippen LogP contribution in [0.1, 0.15) is 36.0 Å². The quantitative estimate of drug-likeness (QED) is 0.589. The predicted molar refractivity (Wildman–Crippen MR) is 93.1 cm³/mol. The molecule has 8 heteroatoms. The molecule has 0 bridgehead atoms. The largest absolute Gasteiger partial charge is 0.478 e. The Morgan fingerprint density at radius 2 is 1.88 bits per heavy atom. The van der Waals surface area contributed by atoms with Gasteiger partial charge in [0, 0.05) is 40.0 Å². The number of hydrogen-bond donors (Lipinski definition) is 2. The lowest BCUT2D eigenvalue weighted by molar-refractivity contribution is 0.0692. The molecule has 24 heavy (non-hydrogen) atoms. The van der Waals surface area contributed by atoms with Gasteiger partial charge in [0.25, 0.3) is 0 Å². The Morgan fingerprint density at radius 3 is 2.46 bits per heavy atom. The van der Waals surface area contributed by atoms with Crippen LogP contribution in [0.25, 0.3) is 0 Å². The molecule has 0 aliphatic heterocycles. The van der Waals surface area contributed by atoms with Gasteiger partial charge in [-0.3, -0.25) is 0 Å². The molecular weight excluding hydrogens is 332 g/mol. The molecule has 0 aromatic heterocycles. The summed E-state index contributed by atoms with van der Waals surface area (Å²) in [5, 5.41) is 12.4. The van der Waals surface area contributed by atoms with Gasteiger partial charge in [0.15, 0.2) is 0 Å². The lowest BCUT2D eigenvalue weighted by Crippen LogP contribution is -2.24. The zero-order valence-corrected chi connectivity index (χ0v) is 15.2. The third-order valence-corrected chi connectivity index (χ3v) is 5.43.